The SMILES string of the molecule is O=C(/C=C/c1ccccc1)Nc1ccc(Nc2cc(-n3cccn3)ncn2)cc1. The van der Waals surface area contributed by atoms with Gasteiger partial charge in [-0.15, -0.1) is 0 Å². The molecule has 0 aliphatic rings. The lowest BCUT2D eigenvalue weighted by Crippen LogP contribution is -2.07. The summed E-state index contributed by atoms with van der Waals surface area (Å²) in [4.78, 5) is 20.5. The third-order valence-electron chi connectivity index (χ3n) is 4.04. The second-order valence-electron chi connectivity index (χ2n) is 6.15. The summed E-state index contributed by atoms with van der Waals surface area (Å²) >= 11 is 0. The van der Waals surface area contributed by atoms with Crippen molar-refractivity contribution in [2.45, 2.75) is 0 Å². The normalized spacial score (nSPS) is 10.8. The van der Waals surface area contributed by atoms with E-state index < -0.39 is 0 Å². The van der Waals surface area contributed by atoms with Crippen molar-refractivity contribution in [2.24, 2.45) is 0 Å². The highest BCUT2D eigenvalue weighted by molar-refractivity contribution is 6.02. The highest BCUT2D eigenvalue weighted by Gasteiger charge is 2.03. The summed E-state index contributed by atoms with van der Waals surface area (Å²) in [6.45, 7) is 0. The van der Waals surface area contributed by atoms with Crippen LogP contribution in [0.1, 0.15) is 5.56 Å². The number of benzene rings is 2. The standard InChI is InChI=1S/C22H18N6O/c29-22(12-7-17-5-2-1-3-6-17)27-19-10-8-18(9-11-19)26-20-15-21(24-16-23-20)28-14-4-13-25-28/h1-16H,(H,27,29)(H,23,24,26)/b12-7+. The molecule has 29 heavy (non-hydrogen) atoms. The monoisotopic (exact) mass is 382 g/mol. The lowest BCUT2D eigenvalue weighted by atomic mass is 10.2. The number of anilines is 3. The number of carbonyl (C=O) groups excluding carboxylic acids is 1. The van der Waals surface area contributed by atoms with Crippen LogP contribution in [-0.4, -0.2) is 25.7 Å². The molecule has 142 valence electrons. The van der Waals surface area contributed by atoms with Gasteiger partial charge in [0.1, 0.15) is 12.1 Å². The van der Waals surface area contributed by atoms with Crippen LogP contribution in [0.3, 0.4) is 0 Å². The Balaban J connectivity index is 1.37. The summed E-state index contributed by atoms with van der Waals surface area (Å²) in [6.07, 6.45) is 8.27. The van der Waals surface area contributed by atoms with E-state index in [9.17, 15) is 4.79 Å². The number of hydrogen-bond acceptors (Lipinski definition) is 5. The first-order valence-electron chi connectivity index (χ1n) is 8.99. The minimum atomic E-state index is -0.186. The van der Waals surface area contributed by atoms with Crippen LogP contribution in [0.25, 0.3) is 11.9 Å². The number of amides is 1. The first-order valence-corrected chi connectivity index (χ1v) is 8.99. The molecule has 0 saturated carbocycles. The number of nitrogens with one attached hydrogen (secondary N) is 2. The van der Waals surface area contributed by atoms with Gasteiger partial charge in [0.25, 0.3) is 0 Å². The maximum Gasteiger partial charge on any atom is 0.248 e. The molecule has 0 aliphatic carbocycles. The zero-order chi connectivity index (χ0) is 19.9. The van der Waals surface area contributed by atoms with Crippen molar-refractivity contribution in [3.63, 3.8) is 0 Å². The zero-order valence-electron chi connectivity index (χ0n) is 15.4. The molecule has 7 heteroatoms. The van der Waals surface area contributed by atoms with Crippen LogP contribution < -0.4 is 10.6 Å². The van der Waals surface area contributed by atoms with Gasteiger partial charge in [0, 0.05) is 35.9 Å². The number of rotatable bonds is 6. The third-order valence-corrected chi connectivity index (χ3v) is 4.04. The Labute approximate surface area is 167 Å². The first kappa shape index (κ1) is 18.1. The van der Waals surface area contributed by atoms with E-state index in [1.807, 2.05) is 66.9 Å². The number of carbonyl (C=O) groups is 1. The van der Waals surface area contributed by atoms with Gasteiger partial charge in [0.15, 0.2) is 5.82 Å². The molecule has 0 saturated heterocycles. The van der Waals surface area contributed by atoms with Crippen molar-refractivity contribution in [1.29, 1.82) is 0 Å². The van der Waals surface area contributed by atoms with E-state index in [1.54, 1.807) is 23.0 Å². The third kappa shape index (κ3) is 4.92. The van der Waals surface area contributed by atoms with Gasteiger partial charge in [-0.1, -0.05) is 30.3 Å². The number of nitrogens with zero attached hydrogens (tertiary/aromatic N) is 4. The van der Waals surface area contributed by atoms with Crippen molar-refractivity contribution >= 4 is 29.2 Å². The Bertz CT molecular complexity index is 1110. The van der Waals surface area contributed by atoms with Gasteiger partial charge >= 0.3 is 0 Å². The lowest BCUT2D eigenvalue weighted by Gasteiger charge is -2.08. The van der Waals surface area contributed by atoms with Gasteiger partial charge < -0.3 is 10.6 Å². The Morgan fingerprint density at radius 2 is 1.72 bits per heavy atom. The predicted molar refractivity (Wildman–Crippen MR) is 113 cm³/mol. The van der Waals surface area contributed by atoms with Crippen molar-refractivity contribution in [2.75, 3.05) is 10.6 Å². The number of aromatic nitrogens is 4. The predicted octanol–water partition coefficient (Wildman–Crippen LogP) is 4.06. The van der Waals surface area contributed by atoms with E-state index in [1.165, 1.54) is 12.4 Å². The summed E-state index contributed by atoms with van der Waals surface area (Å²) in [5.74, 6) is 1.13. The van der Waals surface area contributed by atoms with E-state index in [2.05, 4.69) is 25.7 Å². The van der Waals surface area contributed by atoms with E-state index in [4.69, 9.17) is 0 Å². The molecule has 2 aromatic heterocycles. The molecule has 0 unspecified atom stereocenters. The van der Waals surface area contributed by atoms with Crippen LogP contribution in [0.4, 0.5) is 17.2 Å². The highest BCUT2D eigenvalue weighted by atomic mass is 16.1. The largest absolute Gasteiger partial charge is 0.340 e. The fraction of sp³-hybridized carbons (Fsp3) is 0. The second kappa shape index (κ2) is 8.62. The van der Waals surface area contributed by atoms with Crippen molar-refractivity contribution in [3.8, 4) is 5.82 Å². The molecule has 0 atom stereocenters. The topological polar surface area (TPSA) is 84.7 Å². The molecule has 2 N–H and O–H groups in total. The molecular weight excluding hydrogens is 364 g/mol. The lowest BCUT2D eigenvalue weighted by molar-refractivity contribution is -0.111. The summed E-state index contributed by atoms with van der Waals surface area (Å²) in [7, 11) is 0. The first-order chi connectivity index (χ1) is 14.3. The molecule has 2 heterocycles. The zero-order valence-corrected chi connectivity index (χ0v) is 15.4. The molecule has 0 bridgehead atoms. The molecule has 4 aromatic rings. The van der Waals surface area contributed by atoms with Gasteiger partial charge in [-0.3, -0.25) is 4.79 Å². The van der Waals surface area contributed by atoms with Crippen LogP contribution in [0.5, 0.6) is 0 Å². The average Bonchev–Trinajstić information content (AvgIpc) is 3.30. The van der Waals surface area contributed by atoms with E-state index in [0.717, 1.165) is 11.3 Å². The minimum Gasteiger partial charge on any atom is -0.340 e. The van der Waals surface area contributed by atoms with E-state index in [-0.39, 0.29) is 5.91 Å². The van der Waals surface area contributed by atoms with Crippen LogP contribution in [-0.2, 0) is 4.79 Å². The van der Waals surface area contributed by atoms with E-state index >= 15 is 0 Å². The maximum absolute atomic E-state index is 12.1. The summed E-state index contributed by atoms with van der Waals surface area (Å²) in [5.41, 5.74) is 2.52. The van der Waals surface area contributed by atoms with Gasteiger partial charge in [-0.05, 0) is 42.0 Å². The van der Waals surface area contributed by atoms with E-state index in [0.29, 0.717) is 17.3 Å². The molecule has 4 rings (SSSR count). The molecule has 0 aliphatic heterocycles. The maximum atomic E-state index is 12.1. The van der Waals surface area contributed by atoms with Crippen LogP contribution in [0.15, 0.2) is 91.5 Å². The summed E-state index contributed by atoms with van der Waals surface area (Å²) in [6, 6.07) is 20.7. The van der Waals surface area contributed by atoms with Gasteiger partial charge in [0.2, 0.25) is 5.91 Å². The van der Waals surface area contributed by atoms with Crippen LogP contribution in [0.2, 0.25) is 0 Å². The Hall–Kier alpha value is -4.26. The molecular formula is C22H18N6O. The fourth-order valence-electron chi connectivity index (χ4n) is 2.65. The Morgan fingerprint density at radius 3 is 2.48 bits per heavy atom. The average molecular weight is 382 g/mol. The van der Waals surface area contributed by atoms with Crippen LogP contribution >= 0.6 is 0 Å². The van der Waals surface area contributed by atoms with Crippen molar-refractivity contribution < 1.29 is 4.79 Å². The molecule has 7 nitrogen and oxygen atoms in total. The number of hydrogen-bond donors (Lipinski definition) is 2. The van der Waals surface area contributed by atoms with Crippen LogP contribution in [0, 0.1) is 0 Å². The Morgan fingerprint density at radius 1 is 0.931 bits per heavy atom. The molecule has 0 fully saturated rings. The second-order valence-corrected chi connectivity index (χ2v) is 6.15. The molecule has 0 spiro atoms. The van der Waals surface area contributed by atoms with Crippen molar-refractivity contribution in [3.05, 3.63) is 97.1 Å². The summed E-state index contributed by atoms with van der Waals surface area (Å²) in [5, 5.41) is 10.2. The summed E-state index contributed by atoms with van der Waals surface area (Å²) < 4.78 is 1.66. The molecule has 2 aromatic carbocycles. The quantitative estimate of drug-likeness (QED) is 0.491. The molecule has 0 radical (unpaired) electrons. The highest BCUT2D eigenvalue weighted by Crippen LogP contribution is 2.18. The van der Waals surface area contributed by atoms with Crippen molar-refractivity contribution in [1.82, 2.24) is 19.7 Å². The van der Waals surface area contributed by atoms with Gasteiger partial charge in [0.05, 0.1) is 0 Å². The Kier molecular flexibility index (Phi) is 5.39. The van der Waals surface area contributed by atoms with Gasteiger partial charge in [-0.2, -0.15) is 5.10 Å². The molecule has 1 amide bonds. The van der Waals surface area contributed by atoms with Gasteiger partial charge in [-0.25, -0.2) is 14.6 Å². The fourth-order valence-corrected chi connectivity index (χ4v) is 2.65. The smallest absolute Gasteiger partial charge is 0.248 e. The minimum absolute atomic E-state index is 0.186.